The van der Waals surface area contributed by atoms with E-state index in [-0.39, 0.29) is 17.7 Å². The van der Waals surface area contributed by atoms with Gasteiger partial charge in [0.1, 0.15) is 11.6 Å². The molecule has 0 saturated heterocycles. The smallest absolute Gasteiger partial charge is 0.255 e. The van der Waals surface area contributed by atoms with Gasteiger partial charge in [-0.2, -0.15) is 0 Å². The summed E-state index contributed by atoms with van der Waals surface area (Å²) < 4.78 is 19.4. The molecule has 0 heterocycles. The minimum Gasteiger partial charge on any atom is -0.489 e. The summed E-state index contributed by atoms with van der Waals surface area (Å²) in [6.07, 6.45) is -0.0275. The molecule has 148 valence electrons. The lowest BCUT2D eigenvalue weighted by molar-refractivity contribution is 0.101. The molecule has 6 heteroatoms. The monoisotopic (exact) mass is 392 g/mol. The molecule has 0 aliphatic carbocycles. The van der Waals surface area contributed by atoms with Crippen LogP contribution in [-0.4, -0.2) is 17.9 Å². The maximum absolute atomic E-state index is 13.7. The Kier molecular flexibility index (Phi) is 6.24. The van der Waals surface area contributed by atoms with Gasteiger partial charge in [-0.15, -0.1) is 0 Å². The first-order valence-corrected chi connectivity index (χ1v) is 9.17. The minimum atomic E-state index is -0.515. The number of carbonyl (C=O) groups is 2. The molecule has 0 fully saturated rings. The first-order chi connectivity index (χ1) is 13.9. The van der Waals surface area contributed by atoms with Crippen molar-refractivity contribution in [1.29, 1.82) is 0 Å². The Labute approximate surface area is 168 Å². The summed E-state index contributed by atoms with van der Waals surface area (Å²) in [5, 5.41) is 5.32. The van der Waals surface area contributed by atoms with Crippen LogP contribution in [0, 0.1) is 5.82 Å². The van der Waals surface area contributed by atoms with Gasteiger partial charge in [-0.25, -0.2) is 4.39 Å². The van der Waals surface area contributed by atoms with Crippen LogP contribution in [0.25, 0.3) is 0 Å². The van der Waals surface area contributed by atoms with Gasteiger partial charge in [0.15, 0.2) is 0 Å². The Balaban J connectivity index is 1.69. The number of anilines is 2. The van der Waals surface area contributed by atoms with E-state index < -0.39 is 11.7 Å². The lowest BCUT2D eigenvalue weighted by Crippen LogP contribution is -2.16. The largest absolute Gasteiger partial charge is 0.489 e. The molecule has 0 radical (unpaired) electrons. The van der Waals surface area contributed by atoms with E-state index in [1.807, 2.05) is 19.9 Å². The van der Waals surface area contributed by atoms with E-state index >= 15 is 0 Å². The average molecular weight is 392 g/mol. The molecule has 0 aliphatic heterocycles. The first-order valence-electron chi connectivity index (χ1n) is 9.17. The summed E-state index contributed by atoms with van der Waals surface area (Å²) in [6.45, 7) is 3.81. The van der Waals surface area contributed by atoms with E-state index in [1.165, 1.54) is 36.4 Å². The van der Waals surface area contributed by atoms with Crippen LogP contribution in [0.1, 0.15) is 34.6 Å². The van der Waals surface area contributed by atoms with E-state index in [9.17, 15) is 14.0 Å². The summed E-state index contributed by atoms with van der Waals surface area (Å²) in [4.78, 5) is 24.8. The van der Waals surface area contributed by atoms with Crippen molar-refractivity contribution in [3.63, 3.8) is 0 Å². The van der Waals surface area contributed by atoms with Crippen LogP contribution in [0.3, 0.4) is 0 Å². The third-order valence-electron chi connectivity index (χ3n) is 4.03. The Morgan fingerprint density at radius 3 is 1.79 bits per heavy atom. The first kappa shape index (κ1) is 20.1. The maximum Gasteiger partial charge on any atom is 0.255 e. The number of halogens is 1. The molecule has 3 aromatic carbocycles. The molecular weight excluding hydrogens is 371 g/mol. The van der Waals surface area contributed by atoms with Crippen molar-refractivity contribution >= 4 is 23.2 Å². The zero-order chi connectivity index (χ0) is 20.8. The average Bonchev–Trinajstić information content (AvgIpc) is 2.71. The summed E-state index contributed by atoms with van der Waals surface area (Å²) >= 11 is 0. The van der Waals surface area contributed by atoms with Crippen LogP contribution in [0.5, 0.6) is 5.75 Å². The molecule has 0 saturated carbocycles. The van der Waals surface area contributed by atoms with Gasteiger partial charge >= 0.3 is 0 Å². The highest BCUT2D eigenvalue weighted by Crippen LogP contribution is 2.25. The molecule has 0 spiro atoms. The van der Waals surface area contributed by atoms with Crippen molar-refractivity contribution < 1.29 is 18.7 Å². The Bertz CT molecular complexity index is 1020. The lowest BCUT2D eigenvalue weighted by Gasteiger charge is -2.15. The van der Waals surface area contributed by atoms with Crippen molar-refractivity contribution in [1.82, 2.24) is 0 Å². The molecule has 3 rings (SSSR count). The van der Waals surface area contributed by atoms with E-state index in [0.29, 0.717) is 22.6 Å². The molecular formula is C23H21FN2O3. The third-order valence-corrected chi connectivity index (χ3v) is 4.03. The quantitative estimate of drug-likeness (QED) is 0.612. The molecule has 0 unspecified atom stereocenters. The number of rotatable bonds is 6. The van der Waals surface area contributed by atoms with Crippen LogP contribution < -0.4 is 15.4 Å². The molecule has 0 aliphatic rings. The van der Waals surface area contributed by atoms with Crippen molar-refractivity contribution in [3.8, 4) is 5.75 Å². The molecule has 29 heavy (non-hydrogen) atoms. The topological polar surface area (TPSA) is 67.4 Å². The predicted molar refractivity (Wildman–Crippen MR) is 111 cm³/mol. The number of hydrogen-bond donors (Lipinski definition) is 2. The van der Waals surface area contributed by atoms with Gasteiger partial charge in [0, 0.05) is 11.1 Å². The lowest BCUT2D eigenvalue weighted by atomic mass is 10.1. The van der Waals surface area contributed by atoms with Gasteiger partial charge in [0.05, 0.1) is 17.5 Å². The van der Waals surface area contributed by atoms with Crippen LogP contribution in [0.15, 0.2) is 72.8 Å². The van der Waals surface area contributed by atoms with E-state index in [2.05, 4.69) is 10.6 Å². The van der Waals surface area contributed by atoms with Gasteiger partial charge in [0.25, 0.3) is 11.8 Å². The number of nitrogens with one attached hydrogen (secondary N) is 2. The number of carbonyl (C=O) groups excluding carboxylic acids is 2. The molecule has 5 nitrogen and oxygen atoms in total. The fourth-order valence-corrected chi connectivity index (χ4v) is 2.65. The van der Waals surface area contributed by atoms with Crippen molar-refractivity contribution in [3.05, 3.63) is 89.7 Å². The minimum absolute atomic E-state index is 0.0275. The highest BCUT2D eigenvalue weighted by molar-refractivity contribution is 6.07. The molecule has 0 atom stereocenters. The number of para-hydroxylation sites is 3. The number of benzene rings is 3. The van der Waals surface area contributed by atoms with Crippen molar-refractivity contribution in [2.24, 2.45) is 0 Å². The SMILES string of the molecule is CC(C)Oc1ccccc1NC(=O)c1ccc(C(=O)Nc2ccccc2F)cc1. The maximum atomic E-state index is 13.7. The number of hydrogen-bond acceptors (Lipinski definition) is 3. The number of ether oxygens (including phenoxy) is 1. The Hall–Kier alpha value is -3.67. The zero-order valence-electron chi connectivity index (χ0n) is 16.1. The predicted octanol–water partition coefficient (Wildman–Crippen LogP) is 5.12. The zero-order valence-corrected chi connectivity index (χ0v) is 16.1. The van der Waals surface area contributed by atoms with E-state index in [1.54, 1.807) is 30.3 Å². The van der Waals surface area contributed by atoms with E-state index in [4.69, 9.17) is 4.74 Å². The standard InChI is InChI=1S/C23H21FN2O3/c1-15(2)29-21-10-6-5-9-20(21)26-23(28)17-13-11-16(12-14-17)22(27)25-19-8-4-3-7-18(19)24/h3-15H,1-2H3,(H,25,27)(H,26,28). The molecule has 0 bridgehead atoms. The molecule has 2 amide bonds. The second-order valence-electron chi connectivity index (χ2n) is 6.63. The fourth-order valence-electron chi connectivity index (χ4n) is 2.65. The van der Waals surface area contributed by atoms with Crippen LogP contribution in [0.2, 0.25) is 0 Å². The normalized spacial score (nSPS) is 10.5. The summed E-state index contributed by atoms with van der Waals surface area (Å²) in [6, 6.07) is 19.2. The molecule has 2 N–H and O–H groups in total. The number of amides is 2. The summed E-state index contributed by atoms with van der Waals surface area (Å²) in [5.41, 5.74) is 1.36. The van der Waals surface area contributed by atoms with Gasteiger partial charge < -0.3 is 15.4 Å². The van der Waals surface area contributed by atoms with Gasteiger partial charge in [-0.1, -0.05) is 24.3 Å². The van der Waals surface area contributed by atoms with Crippen LogP contribution in [-0.2, 0) is 0 Å². The molecule has 0 aromatic heterocycles. The second kappa shape index (κ2) is 9.01. The van der Waals surface area contributed by atoms with Gasteiger partial charge in [-0.3, -0.25) is 9.59 Å². The Morgan fingerprint density at radius 2 is 1.24 bits per heavy atom. The highest BCUT2D eigenvalue weighted by Gasteiger charge is 2.13. The summed E-state index contributed by atoms with van der Waals surface area (Å²) in [5.74, 6) is -0.723. The highest BCUT2D eigenvalue weighted by atomic mass is 19.1. The van der Waals surface area contributed by atoms with Crippen molar-refractivity contribution in [2.45, 2.75) is 20.0 Å². The molecule has 3 aromatic rings. The Morgan fingerprint density at radius 1 is 0.759 bits per heavy atom. The second-order valence-corrected chi connectivity index (χ2v) is 6.63. The van der Waals surface area contributed by atoms with Crippen molar-refractivity contribution in [2.75, 3.05) is 10.6 Å². The van der Waals surface area contributed by atoms with E-state index in [0.717, 1.165) is 0 Å². The third kappa shape index (κ3) is 5.19. The van der Waals surface area contributed by atoms with Crippen LogP contribution >= 0.6 is 0 Å². The van der Waals surface area contributed by atoms with Gasteiger partial charge in [0.2, 0.25) is 0 Å². The summed E-state index contributed by atoms with van der Waals surface area (Å²) in [7, 11) is 0. The van der Waals surface area contributed by atoms with Gasteiger partial charge in [-0.05, 0) is 62.4 Å². The van der Waals surface area contributed by atoms with Crippen LogP contribution in [0.4, 0.5) is 15.8 Å². The fraction of sp³-hybridized carbons (Fsp3) is 0.130.